The molecule has 0 radical (unpaired) electrons. The Morgan fingerprint density at radius 3 is 2.11 bits per heavy atom. The van der Waals surface area contributed by atoms with Gasteiger partial charge >= 0.3 is 0 Å². The molecule has 0 aromatic heterocycles. The van der Waals surface area contributed by atoms with E-state index in [0.29, 0.717) is 0 Å². The molecule has 2 aromatic rings. The molecule has 0 amide bonds. The van der Waals surface area contributed by atoms with Crippen LogP contribution < -0.4 is 0 Å². The van der Waals surface area contributed by atoms with Crippen LogP contribution >= 0.6 is 0 Å². The Hall–Kier alpha value is -1.60. The van der Waals surface area contributed by atoms with E-state index in [1.807, 2.05) is 12.1 Å². The van der Waals surface area contributed by atoms with Gasteiger partial charge in [-0.15, -0.1) is 0 Å². The highest BCUT2D eigenvalue weighted by Gasteiger charge is 2.13. The summed E-state index contributed by atoms with van der Waals surface area (Å²) in [6.45, 7) is 6.77. The van der Waals surface area contributed by atoms with Gasteiger partial charge in [0.2, 0.25) is 0 Å². The molecule has 1 nitrogen and oxygen atoms in total. The van der Waals surface area contributed by atoms with Gasteiger partial charge in [-0.3, -0.25) is 0 Å². The fourth-order valence-electron chi connectivity index (χ4n) is 1.97. The van der Waals surface area contributed by atoms with Crippen LogP contribution in [0.15, 0.2) is 48.5 Å². The summed E-state index contributed by atoms with van der Waals surface area (Å²) in [6, 6.07) is 16.7. The number of hydrogen-bond acceptors (Lipinski definition) is 1. The molecule has 18 heavy (non-hydrogen) atoms. The van der Waals surface area contributed by atoms with Gasteiger partial charge in [0.05, 0.1) is 6.61 Å². The normalized spacial score (nSPS) is 11.6. The lowest BCUT2D eigenvalue weighted by Crippen LogP contribution is -2.10. The van der Waals surface area contributed by atoms with Crippen molar-refractivity contribution in [2.24, 2.45) is 0 Å². The van der Waals surface area contributed by atoms with Crippen molar-refractivity contribution in [2.75, 3.05) is 0 Å². The minimum atomic E-state index is 0.0995. The lowest BCUT2D eigenvalue weighted by atomic mass is 9.85. The van der Waals surface area contributed by atoms with Crippen molar-refractivity contribution in [2.45, 2.75) is 32.8 Å². The monoisotopic (exact) mass is 240 g/mol. The molecule has 0 heterocycles. The van der Waals surface area contributed by atoms with Crippen molar-refractivity contribution in [3.8, 4) is 11.1 Å². The second kappa shape index (κ2) is 4.95. The van der Waals surface area contributed by atoms with E-state index in [2.05, 4.69) is 57.2 Å². The molecular formula is C17H20O. The number of aliphatic hydroxyl groups is 1. The van der Waals surface area contributed by atoms with Crippen LogP contribution in [-0.4, -0.2) is 5.11 Å². The molecular weight excluding hydrogens is 220 g/mol. The second-order valence-corrected chi connectivity index (χ2v) is 5.69. The molecule has 0 unspecified atom stereocenters. The third-order valence-corrected chi connectivity index (χ3v) is 3.20. The van der Waals surface area contributed by atoms with Crippen molar-refractivity contribution in [3.63, 3.8) is 0 Å². The Morgan fingerprint density at radius 2 is 1.56 bits per heavy atom. The van der Waals surface area contributed by atoms with Crippen molar-refractivity contribution in [3.05, 3.63) is 59.7 Å². The van der Waals surface area contributed by atoms with Crippen LogP contribution in [0.25, 0.3) is 11.1 Å². The molecule has 0 saturated heterocycles. The summed E-state index contributed by atoms with van der Waals surface area (Å²) in [4.78, 5) is 0. The predicted molar refractivity (Wildman–Crippen MR) is 76.5 cm³/mol. The molecule has 0 saturated carbocycles. The van der Waals surface area contributed by atoms with E-state index >= 15 is 0 Å². The SMILES string of the molecule is CC(C)(C)c1cccc(-c2ccc(CO)cc2)c1. The van der Waals surface area contributed by atoms with Crippen molar-refractivity contribution < 1.29 is 5.11 Å². The molecule has 0 aliphatic rings. The molecule has 0 bridgehead atoms. The number of hydrogen-bond donors (Lipinski definition) is 1. The predicted octanol–water partition coefficient (Wildman–Crippen LogP) is 4.14. The first-order valence-corrected chi connectivity index (χ1v) is 6.31. The second-order valence-electron chi connectivity index (χ2n) is 5.69. The fourth-order valence-corrected chi connectivity index (χ4v) is 1.97. The van der Waals surface area contributed by atoms with Crippen LogP contribution in [0, 0.1) is 0 Å². The lowest BCUT2D eigenvalue weighted by molar-refractivity contribution is 0.282. The number of rotatable bonds is 2. The Labute approximate surface area is 109 Å². The average molecular weight is 240 g/mol. The van der Waals surface area contributed by atoms with E-state index < -0.39 is 0 Å². The molecule has 0 spiro atoms. The molecule has 0 aliphatic carbocycles. The minimum absolute atomic E-state index is 0.0995. The summed E-state index contributed by atoms with van der Waals surface area (Å²) in [6.07, 6.45) is 0. The van der Waals surface area contributed by atoms with Gasteiger partial charge in [-0.25, -0.2) is 0 Å². The quantitative estimate of drug-likeness (QED) is 0.836. The maximum atomic E-state index is 9.05. The van der Waals surface area contributed by atoms with Crippen molar-refractivity contribution in [1.29, 1.82) is 0 Å². The summed E-state index contributed by atoms with van der Waals surface area (Å²) in [5.74, 6) is 0. The van der Waals surface area contributed by atoms with Gasteiger partial charge in [0.15, 0.2) is 0 Å². The Bertz CT molecular complexity index is 518. The summed E-state index contributed by atoms with van der Waals surface area (Å²) in [7, 11) is 0. The van der Waals surface area contributed by atoms with Crippen molar-refractivity contribution in [1.82, 2.24) is 0 Å². The lowest BCUT2D eigenvalue weighted by Gasteiger charge is -2.19. The summed E-state index contributed by atoms with van der Waals surface area (Å²) in [5.41, 5.74) is 4.88. The third kappa shape index (κ3) is 2.80. The van der Waals surface area contributed by atoms with Crippen LogP contribution in [0.3, 0.4) is 0 Å². The summed E-state index contributed by atoms with van der Waals surface area (Å²) in [5, 5.41) is 9.05. The van der Waals surface area contributed by atoms with E-state index in [4.69, 9.17) is 5.11 Å². The maximum Gasteiger partial charge on any atom is 0.0681 e. The molecule has 0 atom stereocenters. The summed E-state index contributed by atoms with van der Waals surface area (Å²) < 4.78 is 0. The Kier molecular flexibility index (Phi) is 3.53. The molecule has 2 rings (SSSR count). The first kappa shape index (κ1) is 12.8. The Balaban J connectivity index is 2.38. The van der Waals surface area contributed by atoms with Crippen molar-refractivity contribution >= 4 is 0 Å². The van der Waals surface area contributed by atoms with Crippen LogP contribution in [0.5, 0.6) is 0 Å². The van der Waals surface area contributed by atoms with E-state index in [1.54, 1.807) is 0 Å². The van der Waals surface area contributed by atoms with Gasteiger partial charge in [-0.2, -0.15) is 0 Å². The highest BCUT2D eigenvalue weighted by Crippen LogP contribution is 2.27. The molecule has 1 N–H and O–H groups in total. The van der Waals surface area contributed by atoms with Crippen LogP contribution in [0.1, 0.15) is 31.9 Å². The fraction of sp³-hybridized carbons (Fsp3) is 0.294. The summed E-state index contributed by atoms with van der Waals surface area (Å²) >= 11 is 0. The van der Waals surface area contributed by atoms with Gasteiger partial charge in [-0.1, -0.05) is 69.3 Å². The molecule has 0 aliphatic heterocycles. The minimum Gasteiger partial charge on any atom is -0.392 e. The largest absolute Gasteiger partial charge is 0.392 e. The van der Waals surface area contributed by atoms with Gasteiger partial charge in [0.25, 0.3) is 0 Å². The highest BCUT2D eigenvalue weighted by atomic mass is 16.3. The van der Waals surface area contributed by atoms with E-state index in [9.17, 15) is 0 Å². The standard InChI is InChI=1S/C17H20O/c1-17(2,3)16-6-4-5-15(11-16)14-9-7-13(12-18)8-10-14/h4-11,18H,12H2,1-3H3. The maximum absolute atomic E-state index is 9.05. The van der Waals surface area contributed by atoms with Gasteiger partial charge in [0.1, 0.15) is 0 Å². The highest BCUT2D eigenvalue weighted by molar-refractivity contribution is 5.64. The van der Waals surface area contributed by atoms with E-state index in [-0.39, 0.29) is 12.0 Å². The van der Waals surface area contributed by atoms with Crippen LogP contribution in [-0.2, 0) is 12.0 Å². The first-order valence-electron chi connectivity index (χ1n) is 6.31. The van der Waals surface area contributed by atoms with Gasteiger partial charge in [-0.05, 0) is 27.7 Å². The van der Waals surface area contributed by atoms with Crippen LogP contribution in [0.2, 0.25) is 0 Å². The Morgan fingerprint density at radius 1 is 0.889 bits per heavy atom. The molecule has 0 fully saturated rings. The van der Waals surface area contributed by atoms with Gasteiger partial charge in [0, 0.05) is 0 Å². The van der Waals surface area contributed by atoms with E-state index in [1.165, 1.54) is 16.7 Å². The number of benzene rings is 2. The smallest absolute Gasteiger partial charge is 0.0681 e. The molecule has 94 valence electrons. The number of aliphatic hydroxyl groups excluding tert-OH is 1. The van der Waals surface area contributed by atoms with Crippen LogP contribution in [0.4, 0.5) is 0 Å². The molecule has 1 heteroatoms. The zero-order valence-electron chi connectivity index (χ0n) is 11.3. The third-order valence-electron chi connectivity index (χ3n) is 3.20. The zero-order valence-corrected chi connectivity index (χ0v) is 11.3. The molecule has 2 aromatic carbocycles. The van der Waals surface area contributed by atoms with Gasteiger partial charge < -0.3 is 5.11 Å². The topological polar surface area (TPSA) is 20.2 Å². The van der Waals surface area contributed by atoms with E-state index in [0.717, 1.165) is 5.56 Å². The average Bonchev–Trinajstić information content (AvgIpc) is 2.38. The zero-order chi connectivity index (χ0) is 13.2. The first-order chi connectivity index (χ1) is 8.50.